The molecule has 7 nitrogen and oxygen atoms in total. The summed E-state index contributed by atoms with van der Waals surface area (Å²) < 4.78 is 1.56. The fraction of sp³-hybridized carbons (Fsp3) is 0.727. The highest BCUT2D eigenvalue weighted by molar-refractivity contribution is 7.99. The molecule has 2 rings (SSSR count). The Balaban J connectivity index is 2.10. The van der Waals surface area contributed by atoms with Gasteiger partial charge < -0.3 is 10.4 Å². The molecule has 1 heterocycles. The number of likely N-dealkylation sites (N-methyl/N-ethyl adjacent to an activating group) is 1. The number of aliphatic carboxylic acids is 1. The molecule has 1 fully saturated rings. The first-order valence-corrected chi connectivity index (χ1v) is 7.14. The van der Waals surface area contributed by atoms with Gasteiger partial charge in [0.05, 0.1) is 0 Å². The van der Waals surface area contributed by atoms with Crippen LogP contribution in [0.2, 0.25) is 0 Å². The van der Waals surface area contributed by atoms with Gasteiger partial charge in [-0.15, -0.1) is 5.10 Å². The lowest BCUT2D eigenvalue weighted by atomic mass is 9.99. The van der Waals surface area contributed by atoms with Crippen molar-refractivity contribution in [3.8, 4) is 0 Å². The van der Waals surface area contributed by atoms with E-state index in [4.69, 9.17) is 0 Å². The number of rotatable bonds is 5. The number of thioether (sulfide) groups is 1. The molecule has 1 aliphatic carbocycles. The maximum atomic E-state index is 11.5. The number of carboxylic acids is 1. The zero-order chi connectivity index (χ0) is 14.0. The lowest BCUT2D eigenvalue weighted by Crippen LogP contribution is -2.48. The lowest BCUT2D eigenvalue weighted by molar-refractivity contribution is -0.144. The fourth-order valence-electron chi connectivity index (χ4n) is 2.45. The summed E-state index contributed by atoms with van der Waals surface area (Å²) in [7, 11) is 1.68. The SMILES string of the molecule is CCn1c(SC2CCC(NC)(C(=O)O)C2)n[nH]c1=O. The summed E-state index contributed by atoms with van der Waals surface area (Å²) in [5, 5.41) is 19.4. The van der Waals surface area contributed by atoms with E-state index < -0.39 is 11.5 Å². The summed E-state index contributed by atoms with van der Waals surface area (Å²) in [5.41, 5.74) is -1.06. The van der Waals surface area contributed by atoms with Crippen molar-refractivity contribution in [3.63, 3.8) is 0 Å². The van der Waals surface area contributed by atoms with Gasteiger partial charge in [-0.3, -0.25) is 9.36 Å². The first-order valence-electron chi connectivity index (χ1n) is 6.26. The summed E-state index contributed by atoms with van der Waals surface area (Å²) in [6.07, 6.45) is 1.92. The van der Waals surface area contributed by atoms with E-state index in [2.05, 4.69) is 15.5 Å². The zero-order valence-corrected chi connectivity index (χ0v) is 11.8. The van der Waals surface area contributed by atoms with Gasteiger partial charge in [-0.25, -0.2) is 9.89 Å². The first kappa shape index (κ1) is 14.1. The van der Waals surface area contributed by atoms with Crippen LogP contribution in [0.1, 0.15) is 26.2 Å². The van der Waals surface area contributed by atoms with Crippen molar-refractivity contribution in [1.29, 1.82) is 0 Å². The van der Waals surface area contributed by atoms with Gasteiger partial charge in [-0.1, -0.05) is 11.8 Å². The molecule has 2 atom stereocenters. The van der Waals surface area contributed by atoms with Gasteiger partial charge >= 0.3 is 11.7 Å². The van der Waals surface area contributed by atoms with E-state index >= 15 is 0 Å². The van der Waals surface area contributed by atoms with E-state index in [0.717, 1.165) is 6.42 Å². The summed E-state index contributed by atoms with van der Waals surface area (Å²) in [5.74, 6) is -0.812. The Morgan fingerprint density at radius 1 is 1.74 bits per heavy atom. The minimum atomic E-state index is -0.842. The standard InChI is InChI=1S/C11H18N4O3S/c1-3-15-9(18)13-14-10(15)19-7-4-5-11(6-7,12-2)8(16)17/h7,12H,3-6H2,1-2H3,(H,13,18)(H,16,17). The second-order valence-corrected chi connectivity index (χ2v) is 5.94. The molecular formula is C11H18N4O3S. The fourth-order valence-corrected chi connectivity index (χ4v) is 3.79. The van der Waals surface area contributed by atoms with Crippen LogP contribution >= 0.6 is 11.8 Å². The summed E-state index contributed by atoms with van der Waals surface area (Å²) >= 11 is 1.48. The number of nitrogens with one attached hydrogen (secondary N) is 2. The zero-order valence-electron chi connectivity index (χ0n) is 11.0. The Kier molecular flexibility index (Phi) is 4.00. The quantitative estimate of drug-likeness (QED) is 0.719. The molecule has 0 amide bonds. The van der Waals surface area contributed by atoms with Gasteiger partial charge in [-0.05, 0) is 33.2 Å². The van der Waals surface area contributed by atoms with Crippen LogP contribution in [0.15, 0.2) is 9.95 Å². The van der Waals surface area contributed by atoms with E-state index in [1.165, 1.54) is 11.8 Å². The maximum absolute atomic E-state index is 11.5. The molecule has 0 saturated heterocycles. The Hall–Kier alpha value is -1.28. The molecule has 1 aliphatic rings. The van der Waals surface area contributed by atoms with Crippen molar-refractivity contribution >= 4 is 17.7 Å². The molecule has 1 saturated carbocycles. The highest BCUT2D eigenvalue weighted by atomic mass is 32.2. The predicted octanol–water partition coefficient (Wildman–Crippen LogP) is 0.279. The lowest BCUT2D eigenvalue weighted by Gasteiger charge is -2.23. The van der Waals surface area contributed by atoms with Crippen LogP contribution in [-0.4, -0.2) is 43.7 Å². The van der Waals surface area contributed by atoms with Gasteiger partial charge in [0.2, 0.25) is 0 Å². The minimum Gasteiger partial charge on any atom is -0.480 e. The van der Waals surface area contributed by atoms with Gasteiger partial charge in [0.15, 0.2) is 5.16 Å². The van der Waals surface area contributed by atoms with Crippen molar-refractivity contribution in [2.75, 3.05) is 7.05 Å². The molecule has 0 radical (unpaired) electrons. The molecule has 0 bridgehead atoms. The Morgan fingerprint density at radius 2 is 2.47 bits per heavy atom. The highest BCUT2D eigenvalue weighted by Crippen LogP contribution is 2.39. The van der Waals surface area contributed by atoms with E-state index in [0.29, 0.717) is 24.5 Å². The van der Waals surface area contributed by atoms with E-state index in [9.17, 15) is 14.7 Å². The number of carboxylic acid groups (broad SMARTS) is 1. The molecule has 0 aliphatic heterocycles. The maximum Gasteiger partial charge on any atom is 0.343 e. The minimum absolute atomic E-state index is 0.157. The van der Waals surface area contributed by atoms with Gasteiger partial charge in [0.25, 0.3) is 0 Å². The van der Waals surface area contributed by atoms with Gasteiger partial charge in [0.1, 0.15) is 5.54 Å². The van der Waals surface area contributed by atoms with Crippen LogP contribution < -0.4 is 11.0 Å². The number of nitrogens with zero attached hydrogens (tertiary/aromatic N) is 2. The van der Waals surface area contributed by atoms with Crippen molar-refractivity contribution in [2.45, 2.75) is 48.7 Å². The van der Waals surface area contributed by atoms with Crippen LogP contribution in [0.3, 0.4) is 0 Å². The average Bonchev–Trinajstić information content (AvgIpc) is 2.95. The Morgan fingerprint density at radius 3 is 3.00 bits per heavy atom. The number of aromatic amines is 1. The van der Waals surface area contributed by atoms with Crippen LogP contribution in [0.25, 0.3) is 0 Å². The summed E-state index contributed by atoms with van der Waals surface area (Å²) in [4.78, 5) is 22.8. The number of H-pyrrole nitrogens is 1. The molecule has 1 aromatic rings. The second kappa shape index (κ2) is 5.38. The third-order valence-corrected chi connectivity index (χ3v) is 4.93. The topological polar surface area (TPSA) is 100 Å². The molecule has 106 valence electrons. The van der Waals surface area contributed by atoms with Crippen LogP contribution in [0.5, 0.6) is 0 Å². The molecular weight excluding hydrogens is 268 g/mol. The molecule has 0 aromatic carbocycles. The third kappa shape index (κ3) is 2.55. The average molecular weight is 286 g/mol. The van der Waals surface area contributed by atoms with Gasteiger partial charge in [-0.2, -0.15) is 0 Å². The van der Waals surface area contributed by atoms with Gasteiger partial charge in [0, 0.05) is 11.8 Å². The molecule has 8 heteroatoms. The highest BCUT2D eigenvalue weighted by Gasteiger charge is 2.44. The number of hydrogen-bond donors (Lipinski definition) is 3. The first-order chi connectivity index (χ1) is 9.02. The van der Waals surface area contributed by atoms with Crippen molar-refractivity contribution < 1.29 is 9.90 Å². The molecule has 19 heavy (non-hydrogen) atoms. The molecule has 2 unspecified atom stereocenters. The predicted molar refractivity (Wildman–Crippen MR) is 71.4 cm³/mol. The van der Waals surface area contributed by atoms with Crippen molar-refractivity contribution in [1.82, 2.24) is 20.1 Å². The normalized spacial score (nSPS) is 26.7. The largest absolute Gasteiger partial charge is 0.480 e. The second-order valence-electron chi connectivity index (χ2n) is 4.68. The van der Waals surface area contributed by atoms with E-state index in [1.807, 2.05) is 6.92 Å². The monoisotopic (exact) mass is 286 g/mol. The van der Waals surface area contributed by atoms with Crippen LogP contribution in [-0.2, 0) is 11.3 Å². The van der Waals surface area contributed by atoms with E-state index in [-0.39, 0.29) is 10.9 Å². The Bertz CT molecular complexity index is 526. The summed E-state index contributed by atoms with van der Waals surface area (Å²) in [6.45, 7) is 2.44. The molecule has 1 aromatic heterocycles. The Labute approximate surface area is 114 Å². The third-order valence-electron chi connectivity index (χ3n) is 3.67. The number of carbonyl (C=O) groups is 1. The van der Waals surface area contributed by atoms with Crippen molar-refractivity contribution in [3.05, 3.63) is 10.5 Å². The van der Waals surface area contributed by atoms with Crippen LogP contribution in [0, 0.1) is 0 Å². The smallest absolute Gasteiger partial charge is 0.343 e. The number of aromatic nitrogens is 3. The van der Waals surface area contributed by atoms with E-state index in [1.54, 1.807) is 11.6 Å². The van der Waals surface area contributed by atoms with Crippen molar-refractivity contribution in [2.24, 2.45) is 0 Å². The number of hydrogen-bond acceptors (Lipinski definition) is 5. The van der Waals surface area contributed by atoms with Crippen LogP contribution in [0.4, 0.5) is 0 Å². The molecule has 0 spiro atoms. The summed E-state index contributed by atoms with van der Waals surface area (Å²) in [6, 6.07) is 0. The molecule has 3 N–H and O–H groups in total.